The first-order valence-corrected chi connectivity index (χ1v) is 8.41. The minimum absolute atomic E-state index is 0.00520. The van der Waals surface area contributed by atoms with Crippen LogP contribution in [0.4, 0.5) is 0 Å². The minimum Gasteiger partial charge on any atom is -0.465 e. The van der Waals surface area contributed by atoms with Crippen LogP contribution in [0, 0.1) is 5.92 Å². The summed E-state index contributed by atoms with van der Waals surface area (Å²) in [6.45, 7) is 8.07. The van der Waals surface area contributed by atoms with E-state index in [1.807, 2.05) is 26.9 Å². The van der Waals surface area contributed by atoms with E-state index in [9.17, 15) is 9.59 Å². The standard InChI is InChI=1S/C10H22O3Si/c1-5-9(2)10(11)13-7-6-8-14(3,4)12/h9,12H,5-8H2,1-4H3. The van der Waals surface area contributed by atoms with Gasteiger partial charge in [0.25, 0.3) is 0 Å². The molecule has 0 aromatic rings. The van der Waals surface area contributed by atoms with E-state index in [4.69, 9.17) is 4.74 Å². The Bertz CT molecular complexity index is 175. The average molecular weight is 218 g/mol. The highest BCUT2D eigenvalue weighted by Gasteiger charge is 2.17. The van der Waals surface area contributed by atoms with Gasteiger partial charge in [0.2, 0.25) is 0 Å². The first kappa shape index (κ1) is 13.6. The Labute approximate surface area is 87.6 Å². The Kier molecular flexibility index (Phi) is 6.03. The molecule has 0 aliphatic heterocycles. The molecule has 1 unspecified atom stereocenters. The van der Waals surface area contributed by atoms with Gasteiger partial charge in [0, 0.05) is 0 Å². The fourth-order valence-corrected chi connectivity index (χ4v) is 2.00. The van der Waals surface area contributed by atoms with E-state index in [0.717, 1.165) is 18.9 Å². The van der Waals surface area contributed by atoms with E-state index in [-0.39, 0.29) is 11.9 Å². The summed E-state index contributed by atoms with van der Waals surface area (Å²) in [5.41, 5.74) is 0. The number of carbonyl (C=O) groups is 1. The SMILES string of the molecule is CCC(C)C(=O)OCCC[Si](C)(C)O. The summed E-state index contributed by atoms with van der Waals surface area (Å²) in [5, 5.41) is 0. The Hall–Kier alpha value is -0.353. The fourth-order valence-electron chi connectivity index (χ4n) is 0.986. The number of carbonyl (C=O) groups excluding carboxylic acids is 1. The third kappa shape index (κ3) is 7.09. The molecule has 0 fully saturated rings. The van der Waals surface area contributed by atoms with Crippen molar-refractivity contribution < 1.29 is 14.3 Å². The molecule has 84 valence electrons. The summed E-state index contributed by atoms with van der Waals surface area (Å²) in [4.78, 5) is 20.8. The van der Waals surface area contributed by atoms with Crippen molar-refractivity contribution in [3.8, 4) is 0 Å². The highest BCUT2D eigenvalue weighted by atomic mass is 28.4. The third-order valence-corrected chi connectivity index (χ3v) is 3.77. The van der Waals surface area contributed by atoms with Crippen molar-refractivity contribution in [1.82, 2.24) is 0 Å². The summed E-state index contributed by atoms with van der Waals surface area (Å²) in [5.74, 6) is -0.126. The summed E-state index contributed by atoms with van der Waals surface area (Å²) in [6.07, 6.45) is 1.59. The van der Waals surface area contributed by atoms with Crippen LogP contribution in [-0.4, -0.2) is 25.7 Å². The van der Waals surface area contributed by atoms with Crippen LogP contribution >= 0.6 is 0 Å². The Balaban J connectivity index is 3.51. The molecule has 0 aromatic heterocycles. The molecule has 1 atom stereocenters. The molecule has 0 amide bonds. The monoisotopic (exact) mass is 218 g/mol. The van der Waals surface area contributed by atoms with Crippen LogP contribution in [0.25, 0.3) is 0 Å². The zero-order chi connectivity index (χ0) is 11.2. The van der Waals surface area contributed by atoms with Crippen molar-refractivity contribution in [2.45, 2.75) is 45.8 Å². The van der Waals surface area contributed by atoms with Crippen molar-refractivity contribution >= 4 is 14.3 Å². The highest BCUT2D eigenvalue weighted by Crippen LogP contribution is 2.09. The Morgan fingerprint density at radius 2 is 2.07 bits per heavy atom. The second-order valence-electron chi connectivity index (χ2n) is 4.39. The summed E-state index contributed by atoms with van der Waals surface area (Å²) >= 11 is 0. The predicted octanol–water partition coefficient (Wildman–Crippen LogP) is 2.16. The second kappa shape index (κ2) is 6.19. The molecule has 14 heavy (non-hydrogen) atoms. The molecule has 0 aliphatic rings. The van der Waals surface area contributed by atoms with Crippen molar-refractivity contribution in [3.63, 3.8) is 0 Å². The lowest BCUT2D eigenvalue weighted by Crippen LogP contribution is -2.25. The van der Waals surface area contributed by atoms with E-state index in [1.165, 1.54) is 0 Å². The van der Waals surface area contributed by atoms with E-state index in [0.29, 0.717) is 6.61 Å². The quantitative estimate of drug-likeness (QED) is 0.422. The molecule has 0 saturated heterocycles. The topological polar surface area (TPSA) is 46.5 Å². The molecule has 4 heteroatoms. The van der Waals surface area contributed by atoms with Gasteiger partial charge in [-0.25, -0.2) is 0 Å². The maximum atomic E-state index is 11.2. The van der Waals surface area contributed by atoms with E-state index < -0.39 is 8.32 Å². The van der Waals surface area contributed by atoms with Crippen molar-refractivity contribution in [2.24, 2.45) is 5.92 Å². The zero-order valence-corrected chi connectivity index (χ0v) is 10.7. The van der Waals surface area contributed by atoms with Gasteiger partial charge in [0.1, 0.15) is 0 Å². The molecule has 0 heterocycles. The summed E-state index contributed by atoms with van der Waals surface area (Å²) in [7, 11) is -1.96. The largest absolute Gasteiger partial charge is 0.465 e. The maximum absolute atomic E-state index is 11.2. The molecule has 0 aliphatic carbocycles. The summed E-state index contributed by atoms with van der Waals surface area (Å²) in [6, 6.07) is 0.792. The fraction of sp³-hybridized carbons (Fsp3) is 0.900. The second-order valence-corrected chi connectivity index (χ2v) is 8.52. The first-order valence-electron chi connectivity index (χ1n) is 5.26. The van der Waals surface area contributed by atoms with Crippen LogP contribution < -0.4 is 0 Å². The maximum Gasteiger partial charge on any atom is 0.308 e. The van der Waals surface area contributed by atoms with Gasteiger partial charge < -0.3 is 9.53 Å². The third-order valence-electron chi connectivity index (χ3n) is 2.19. The molecule has 0 saturated carbocycles. The lowest BCUT2D eigenvalue weighted by Gasteiger charge is -2.14. The lowest BCUT2D eigenvalue weighted by molar-refractivity contribution is -0.148. The van der Waals surface area contributed by atoms with Gasteiger partial charge in [-0.15, -0.1) is 0 Å². The average Bonchev–Trinajstić information content (AvgIpc) is 2.09. The Morgan fingerprint density at radius 1 is 1.50 bits per heavy atom. The van der Waals surface area contributed by atoms with Gasteiger partial charge in [-0.3, -0.25) is 4.79 Å². The molecule has 1 N–H and O–H groups in total. The molecule has 3 nitrogen and oxygen atoms in total. The molecular formula is C10H22O3Si. The lowest BCUT2D eigenvalue weighted by atomic mass is 10.1. The highest BCUT2D eigenvalue weighted by molar-refractivity contribution is 6.69. The van der Waals surface area contributed by atoms with Gasteiger partial charge in [-0.05, 0) is 32.0 Å². The number of rotatable bonds is 6. The van der Waals surface area contributed by atoms with Gasteiger partial charge in [0.05, 0.1) is 12.5 Å². The van der Waals surface area contributed by atoms with Crippen LogP contribution in [-0.2, 0) is 9.53 Å². The molecule has 0 bridgehead atoms. The molecule has 0 aromatic carbocycles. The van der Waals surface area contributed by atoms with Crippen molar-refractivity contribution in [2.75, 3.05) is 6.61 Å². The van der Waals surface area contributed by atoms with Crippen molar-refractivity contribution in [1.29, 1.82) is 0 Å². The van der Waals surface area contributed by atoms with E-state index in [1.54, 1.807) is 0 Å². The molecule has 0 radical (unpaired) electrons. The minimum atomic E-state index is -1.96. The first-order chi connectivity index (χ1) is 6.37. The van der Waals surface area contributed by atoms with Crippen LogP contribution in [0.2, 0.25) is 19.1 Å². The number of hydrogen-bond acceptors (Lipinski definition) is 3. The van der Waals surface area contributed by atoms with Crippen molar-refractivity contribution in [3.05, 3.63) is 0 Å². The smallest absolute Gasteiger partial charge is 0.308 e. The number of ether oxygens (including phenoxy) is 1. The number of hydrogen-bond donors (Lipinski definition) is 1. The zero-order valence-electron chi connectivity index (χ0n) is 9.67. The molecular weight excluding hydrogens is 196 g/mol. The molecule has 0 spiro atoms. The van der Waals surface area contributed by atoms with Gasteiger partial charge in [-0.1, -0.05) is 13.8 Å². The van der Waals surface area contributed by atoms with Gasteiger partial charge in [-0.2, -0.15) is 0 Å². The normalized spacial score (nSPS) is 13.8. The predicted molar refractivity (Wildman–Crippen MR) is 59.5 cm³/mol. The molecule has 0 rings (SSSR count). The van der Waals surface area contributed by atoms with Crippen LogP contribution in [0.3, 0.4) is 0 Å². The van der Waals surface area contributed by atoms with E-state index in [2.05, 4.69) is 0 Å². The van der Waals surface area contributed by atoms with Gasteiger partial charge in [0.15, 0.2) is 8.32 Å². The van der Waals surface area contributed by atoms with E-state index >= 15 is 0 Å². The summed E-state index contributed by atoms with van der Waals surface area (Å²) < 4.78 is 5.06. The Morgan fingerprint density at radius 3 is 2.50 bits per heavy atom. The van der Waals surface area contributed by atoms with Crippen LogP contribution in [0.1, 0.15) is 26.7 Å². The van der Waals surface area contributed by atoms with Crippen LogP contribution in [0.15, 0.2) is 0 Å². The van der Waals surface area contributed by atoms with Crippen LogP contribution in [0.5, 0.6) is 0 Å². The number of esters is 1. The van der Waals surface area contributed by atoms with Gasteiger partial charge >= 0.3 is 5.97 Å².